The fourth-order valence-electron chi connectivity index (χ4n) is 2.34. The Morgan fingerprint density at radius 1 is 1.12 bits per heavy atom. The molecule has 0 saturated heterocycles. The number of nitrogens with one attached hydrogen (secondary N) is 3. The molecular formula is C18H28N4O4. The lowest BCUT2D eigenvalue weighted by Crippen LogP contribution is -2.47. The first kappa shape index (κ1) is 21.4. The van der Waals surface area contributed by atoms with Crippen LogP contribution in [0, 0.1) is 0 Å². The number of carbonyl (C=O) groups is 3. The van der Waals surface area contributed by atoms with Gasteiger partial charge in [0, 0.05) is 6.04 Å². The van der Waals surface area contributed by atoms with E-state index in [1.165, 1.54) is 7.11 Å². The summed E-state index contributed by atoms with van der Waals surface area (Å²) >= 11 is 0. The van der Waals surface area contributed by atoms with E-state index in [1.54, 1.807) is 36.9 Å². The summed E-state index contributed by atoms with van der Waals surface area (Å²) in [6.45, 7) is 6.10. The summed E-state index contributed by atoms with van der Waals surface area (Å²) in [6, 6.07) is 6.48. The van der Waals surface area contributed by atoms with Crippen molar-refractivity contribution in [2.24, 2.45) is 0 Å². The predicted octanol–water partition coefficient (Wildman–Crippen LogP) is 1.58. The Bertz CT molecular complexity index is 619. The number of carbonyl (C=O) groups excluding carboxylic acids is 3. The van der Waals surface area contributed by atoms with E-state index in [1.807, 2.05) is 13.0 Å². The Morgan fingerprint density at radius 2 is 1.77 bits per heavy atom. The number of urea groups is 1. The molecule has 26 heavy (non-hydrogen) atoms. The van der Waals surface area contributed by atoms with Crippen molar-refractivity contribution in [3.05, 3.63) is 24.3 Å². The molecule has 1 rings (SSSR count). The third-order valence-electron chi connectivity index (χ3n) is 3.33. The monoisotopic (exact) mass is 364 g/mol. The van der Waals surface area contributed by atoms with Gasteiger partial charge < -0.3 is 15.4 Å². The Balaban J connectivity index is 2.59. The van der Waals surface area contributed by atoms with Crippen LogP contribution in [0.25, 0.3) is 0 Å². The van der Waals surface area contributed by atoms with E-state index in [-0.39, 0.29) is 25.0 Å². The molecule has 0 fully saturated rings. The quantitative estimate of drug-likeness (QED) is 0.618. The van der Waals surface area contributed by atoms with Gasteiger partial charge in [-0.05, 0) is 38.9 Å². The normalized spacial score (nSPS) is 10.5. The van der Waals surface area contributed by atoms with E-state index < -0.39 is 11.9 Å². The van der Waals surface area contributed by atoms with Crippen LogP contribution in [0.3, 0.4) is 0 Å². The third kappa shape index (κ3) is 7.98. The molecule has 3 N–H and O–H groups in total. The number of imide groups is 1. The van der Waals surface area contributed by atoms with Gasteiger partial charge in [-0.25, -0.2) is 4.79 Å². The number of amides is 4. The van der Waals surface area contributed by atoms with Crippen LogP contribution in [0.4, 0.5) is 10.5 Å². The summed E-state index contributed by atoms with van der Waals surface area (Å²) in [5.74, 6) is -0.157. The molecule has 8 nitrogen and oxygen atoms in total. The smallest absolute Gasteiger partial charge is 0.321 e. The molecule has 1 aromatic carbocycles. The molecular weight excluding hydrogens is 336 g/mol. The lowest BCUT2D eigenvalue weighted by molar-refractivity contribution is -0.122. The van der Waals surface area contributed by atoms with E-state index in [0.717, 1.165) is 6.42 Å². The van der Waals surface area contributed by atoms with Crippen LogP contribution in [-0.2, 0) is 9.59 Å². The lowest BCUT2D eigenvalue weighted by atomic mass is 10.3. The minimum Gasteiger partial charge on any atom is -0.495 e. The minimum absolute atomic E-state index is 0.0328. The summed E-state index contributed by atoms with van der Waals surface area (Å²) < 4.78 is 5.20. The molecule has 1 aromatic rings. The maximum absolute atomic E-state index is 12.3. The Kier molecular flexibility index (Phi) is 9.14. The summed E-state index contributed by atoms with van der Waals surface area (Å²) in [4.78, 5) is 37.6. The van der Waals surface area contributed by atoms with Crippen molar-refractivity contribution in [3.8, 4) is 5.75 Å². The summed E-state index contributed by atoms with van der Waals surface area (Å²) in [7, 11) is 1.53. The molecule has 0 spiro atoms. The number of rotatable bonds is 9. The molecule has 0 radical (unpaired) electrons. The highest BCUT2D eigenvalue weighted by molar-refractivity contribution is 5.96. The topological polar surface area (TPSA) is 99.8 Å². The molecule has 0 bridgehead atoms. The van der Waals surface area contributed by atoms with Gasteiger partial charge in [-0.15, -0.1) is 0 Å². The number of anilines is 1. The first-order valence-corrected chi connectivity index (χ1v) is 8.61. The van der Waals surface area contributed by atoms with Crippen LogP contribution < -0.4 is 20.7 Å². The zero-order valence-electron chi connectivity index (χ0n) is 15.8. The van der Waals surface area contributed by atoms with Gasteiger partial charge in [0.05, 0.1) is 25.9 Å². The van der Waals surface area contributed by atoms with Gasteiger partial charge in [-0.2, -0.15) is 0 Å². The second-order valence-corrected chi connectivity index (χ2v) is 6.14. The number of methoxy groups -OCH3 is 1. The fourth-order valence-corrected chi connectivity index (χ4v) is 2.34. The summed E-state index contributed by atoms with van der Waals surface area (Å²) in [5.41, 5.74) is 0.567. The van der Waals surface area contributed by atoms with Crippen LogP contribution >= 0.6 is 0 Å². The molecule has 4 amide bonds. The number of benzene rings is 1. The van der Waals surface area contributed by atoms with E-state index in [9.17, 15) is 14.4 Å². The largest absolute Gasteiger partial charge is 0.495 e. The molecule has 0 aliphatic carbocycles. The average Bonchev–Trinajstić information content (AvgIpc) is 2.54. The molecule has 8 heteroatoms. The van der Waals surface area contributed by atoms with E-state index in [2.05, 4.69) is 16.0 Å². The van der Waals surface area contributed by atoms with Crippen molar-refractivity contribution in [1.82, 2.24) is 15.5 Å². The van der Waals surface area contributed by atoms with Gasteiger partial charge in [-0.1, -0.05) is 19.1 Å². The van der Waals surface area contributed by atoms with E-state index in [4.69, 9.17) is 4.74 Å². The maximum atomic E-state index is 12.3. The van der Waals surface area contributed by atoms with Crippen molar-refractivity contribution in [2.45, 2.75) is 33.2 Å². The third-order valence-corrected chi connectivity index (χ3v) is 3.33. The van der Waals surface area contributed by atoms with Crippen molar-refractivity contribution >= 4 is 23.5 Å². The minimum atomic E-state index is -0.542. The van der Waals surface area contributed by atoms with Crippen molar-refractivity contribution in [2.75, 3.05) is 32.1 Å². The van der Waals surface area contributed by atoms with Gasteiger partial charge >= 0.3 is 6.03 Å². The van der Waals surface area contributed by atoms with Crippen LogP contribution in [-0.4, -0.2) is 55.5 Å². The standard InChI is InChI=1S/C18H28N4O4/c1-5-10-22(12-17(24)21-18(25)19-13(2)3)11-16(23)20-14-8-6-7-9-15(14)26-4/h6-9,13H,5,10-12H2,1-4H3,(H,20,23)(H2,19,21,24,25). The molecule has 0 heterocycles. The molecule has 144 valence electrons. The second-order valence-electron chi connectivity index (χ2n) is 6.14. The summed E-state index contributed by atoms with van der Waals surface area (Å²) in [5, 5.41) is 7.62. The number of ether oxygens (including phenoxy) is 1. The van der Waals surface area contributed by atoms with Gasteiger partial charge in [0.25, 0.3) is 0 Å². The van der Waals surface area contributed by atoms with Crippen molar-refractivity contribution in [3.63, 3.8) is 0 Å². The van der Waals surface area contributed by atoms with Gasteiger partial charge in [0.1, 0.15) is 5.75 Å². The second kappa shape index (κ2) is 11.1. The Hall–Kier alpha value is -2.61. The van der Waals surface area contributed by atoms with Crippen LogP contribution in [0.2, 0.25) is 0 Å². The number of hydrogen-bond donors (Lipinski definition) is 3. The first-order valence-electron chi connectivity index (χ1n) is 8.61. The Morgan fingerprint density at radius 3 is 2.38 bits per heavy atom. The number of hydrogen-bond acceptors (Lipinski definition) is 5. The fraction of sp³-hybridized carbons (Fsp3) is 0.500. The molecule has 0 saturated carbocycles. The molecule has 0 aliphatic rings. The van der Waals surface area contributed by atoms with Crippen LogP contribution in [0.1, 0.15) is 27.2 Å². The van der Waals surface area contributed by atoms with E-state index in [0.29, 0.717) is 18.0 Å². The van der Waals surface area contributed by atoms with Gasteiger partial charge in [0.2, 0.25) is 11.8 Å². The van der Waals surface area contributed by atoms with Crippen LogP contribution in [0.5, 0.6) is 5.75 Å². The molecule has 0 atom stereocenters. The molecule has 0 unspecified atom stereocenters. The SMILES string of the molecule is CCCN(CC(=O)NC(=O)NC(C)C)CC(=O)Nc1ccccc1OC. The Labute approximate surface area is 154 Å². The van der Waals surface area contributed by atoms with Crippen molar-refractivity contribution < 1.29 is 19.1 Å². The average molecular weight is 364 g/mol. The highest BCUT2D eigenvalue weighted by atomic mass is 16.5. The zero-order valence-corrected chi connectivity index (χ0v) is 15.8. The van der Waals surface area contributed by atoms with Crippen LogP contribution in [0.15, 0.2) is 24.3 Å². The number of nitrogens with zero attached hydrogens (tertiary/aromatic N) is 1. The highest BCUT2D eigenvalue weighted by Gasteiger charge is 2.17. The van der Waals surface area contributed by atoms with Crippen molar-refractivity contribution in [1.29, 1.82) is 0 Å². The van der Waals surface area contributed by atoms with Gasteiger partial charge in [-0.3, -0.25) is 19.8 Å². The first-order chi connectivity index (χ1) is 12.3. The lowest BCUT2D eigenvalue weighted by Gasteiger charge is -2.21. The summed E-state index contributed by atoms with van der Waals surface area (Å²) in [6.07, 6.45) is 0.771. The predicted molar refractivity (Wildman–Crippen MR) is 100 cm³/mol. The maximum Gasteiger partial charge on any atom is 0.321 e. The molecule has 0 aliphatic heterocycles. The van der Waals surface area contributed by atoms with E-state index >= 15 is 0 Å². The molecule has 0 aromatic heterocycles. The highest BCUT2D eigenvalue weighted by Crippen LogP contribution is 2.22. The van der Waals surface area contributed by atoms with Gasteiger partial charge in [0.15, 0.2) is 0 Å². The number of para-hydroxylation sites is 2. The zero-order chi connectivity index (χ0) is 19.5.